The highest BCUT2D eigenvalue weighted by Crippen LogP contribution is 2.50. The molecule has 0 unspecified atom stereocenters. The topological polar surface area (TPSA) is 43.1 Å². The minimum absolute atomic E-state index is 0.215. The molecule has 1 fully saturated rings. The monoisotopic (exact) mass is 169 g/mol. The van der Waals surface area contributed by atoms with E-state index >= 15 is 0 Å². The summed E-state index contributed by atoms with van der Waals surface area (Å²) in [6.07, 6.45) is 4.65. The Balaban J connectivity index is 2.29. The number of hydrogen-bond acceptors (Lipinski definition) is 2. The fraction of sp³-hybridized carbons (Fsp3) is 0.667. The fourth-order valence-corrected chi connectivity index (χ4v) is 2.25. The van der Waals surface area contributed by atoms with Gasteiger partial charge in [0.25, 0.3) is 0 Å². The van der Waals surface area contributed by atoms with Gasteiger partial charge in [0.05, 0.1) is 11.1 Å². The molecule has 0 saturated heterocycles. The standard InChI is InChI=1S/C9H12FNO/c10-6-7(11)9(8(6)12)4-2-1-3-5-9/h1-5,11H2. The lowest BCUT2D eigenvalue weighted by atomic mass is 9.62. The quantitative estimate of drug-likeness (QED) is 0.599. The predicted molar refractivity (Wildman–Crippen MR) is 42.8 cm³/mol. The van der Waals surface area contributed by atoms with Crippen LogP contribution in [0.3, 0.4) is 0 Å². The Morgan fingerprint density at radius 1 is 1.25 bits per heavy atom. The van der Waals surface area contributed by atoms with Crippen LogP contribution in [0, 0.1) is 5.41 Å². The maximum Gasteiger partial charge on any atom is 0.205 e. The van der Waals surface area contributed by atoms with Crippen LogP contribution in [0.4, 0.5) is 4.39 Å². The van der Waals surface area contributed by atoms with Crippen molar-refractivity contribution in [3.63, 3.8) is 0 Å². The van der Waals surface area contributed by atoms with Crippen LogP contribution in [0.5, 0.6) is 0 Å². The van der Waals surface area contributed by atoms with Crippen LogP contribution in [0.15, 0.2) is 11.5 Å². The molecule has 2 aliphatic carbocycles. The zero-order valence-corrected chi connectivity index (χ0v) is 6.90. The summed E-state index contributed by atoms with van der Waals surface area (Å²) in [5, 5.41) is 0. The van der Waals surface area contributed by atoms with E-state index in [0.29, 0.717) is 0 Å². The van der Waals surface area contributed by atoms with Crippen molar-refractivity contribution in [2.75, 3.05) is 0 Å². The molecule has 0 atom stereocenters. The van der Waals surface area contributed by atoms with Crippen molar-refractivity contribution in [3.05, 3.63) is 11.5 Å². The molecule has 1 spiro atoms. The Kier molecular flexibility index (Phi) is 1.50. The molecule has 0 aromatic rings. The Morgan fingerprint density at radius 3 is 2.33 bits per heavy atom. The Bertz CT molecular complexity index is 264. The van der Waals surface area contributed by atoms with Gasteiger partial charge in [0.15, 0.2) is 5.83 Å². The van der Waals surface area contributed by atoms with Crippen molar-refractivity contribution in [3.8, 4) is 0 Å². The molecule has 66 valence electrons. The summed E-state index contributed by atoms with van der Waals surface area (Å²) < 4.78 is 12.7. The van der Waals surface area contributed by atoms with E-state index in [-0.39, 0.29) is 11.5 Å². The first-order chi connectivity index (χ1) is 5.68. The van der Waals surface area contributed by atoms with Crippen molar-refractivity contribution in [2.45, 2.75) is 32.1 Å². The largest absolute Gasteiger partial charge is 0.399 e. The predicted octanol–water partition coefficient (Wildman–Crippen LogP) is 1.66. The Hall–Kier alpha value is -0.860. The molecule has 0 heterocycles. The first kappa shape index (κ1) is 7.77. The third-order valence-electron chi connectivity index (χ3n) is 3.09. The summed E-state index contributed by atoms with van der Waals surface area (Å²) in [6, 6.07) is 0. The normalized spacial score (nSPS) is 27.6. The molecule has 1 saturated carbocycles. The highest BCUT2D eigenvalue weighted by atomic mass is 19.1. The highest BCUT2D eigenvalue weighted by Gasteiger charge is 2.53. The first-order valence-electron chi connectivity index (χ1n) is 4.39. The van der Waals surface area contributed by atoms with Gasteiger partial charge in [0, 0.05) is 0 Å². The molecule has 3 heteroatoms. The molecule has 2 nitrogen and oxygen atoms in total. The van der Waals surface area contributed by atoms with E-state index in [0.717, 1.165) is 32.1 Å². The molecule has 2 rings (SSSR count). The minimum atomic E-state index is -0.683. The lowest BCUT2D eigenvalue weighted by Gasteiger charge is -2.41. The average molecular weight is 169 g/mol. The molecule has 0 amide bonds. The molecular formula is C9H12FNO. The third kappa shape index (κ3) is 0.713. The molecule has 0 aliphatic heterocycles. The number of carbonyl (C=O) groups is 1. The van der Waals surface area contributed by atoms with Crippen molar-refractivity contribution >= 4 is 5.78 Å². The van der Waals surface area contributed by atoms with Gasteiger partial charge in [-0.1, -0.05) is 19.3 Å². The molecule has 12 heavy (non-hydrogen) atoms. The maximum absolute atomic E-state index is 12.7. The zero-order valence-electron chi connectivity index (χ0n) is 6.90. The third-order valence-corrected chi connectivity index (χ3v) is 3.09. The summed E-state index contributed by atoms with van der Waals surface area (Å²) in [6.45, 7) is 0. The van der Waals surface area contributed by atoms with Gasteiger partial charge in [-0.05, 0) is 12.8 Å². The minimum Gasteiger partial charge on any atom is -0.399 e. The summed E-state index contributed by atoms with van der Waals surface area (Å²) >= 11 is 0. The van der Waals surface area contributed by atoms with Crippen LogP contribution in [-0.4, -0.2) is 5.78 Å². The van der Waals surface area contributed by atoms with E-state index in [1.54, 1.807) is 0 Å². The summed E-state index contributed by atoms with van der Waals surface area (Å²) in [5.74, 6) is -1.03. The number of hydrogen-bond donors (Lipinski definition) is 1. The summed E-state index contributed by atoms with van der Waals surface area (Å²) in [4.78, 5) is 11.2. The number of ketones is 1. The van der Waals surface area contributed by atoms with Crippen LogP contribution in [0.2, 0.25) is 0 Å². The fourth-order valence-electron chi connectivity index (χ4n) is 2.25. The Morgan fingerprint density at radius 2 is 1.83 bits per heavy atom. The average Bonchev–Trinajstić information content (AvgIpc) is 2.16. The summed E-state index contributed by atoms with van der Waals surface area (Å²) in [7, 11) is 0. The molecule has 0 radical (unpaired) electrons. The van der Waals surface area contributed by atoms with E-state index in [4.69, 9.17) is 5.73 Å². The summed E-state index contributed by atoms with van der Waals surface area (Å²) in [5.41, 5.74) is 5.15. The van der Waals surface area contributed by atoms with Crippen molar-refractivity contribution in [2.24, 2.45) is 11.1 Å². The molecular weight excluding hydrogens is 157 g/mol. The van der Waals surface area contributed by atoms with Crippen molar-refractivity contribution in [1.29, 1.82) is 0 Å². The second-order valence-electron chi connectivity index (χ2n) is 3.70. The zero-order chi connectivity index (χ0) is 8.77. The second-order valence-corrected chi connectivity index (χ2v) is 3.70. The van der Waals surface area contributed by atoms with Crippen LogP contribution in [0.25, 0.3) is 0 Å². The number of Topliss-reactive ketones (excluding diaryl/α,β-unsaturated/α-hetero) is 1. The van der Waals surface area contributed by atoms with Gasteiger partial charge in [0.1, 0.15) is 0 Å². The van der Waals surface area contributed by atoms with Gasteiger partial charge in [0.2, 0.25) is 5.78 Å². The number of carbonyl (C=O) groups excluding carboxylic acids is 1. The molecule has 0 bridgehead atoms. The smallest absolute Gasteiger partial charge is 0.205 e. The van der Waals surface area contributed by atoms with E-state index < -0.39 is 11.2 Å². The SMILES string of the molecule is NC1=C(F)C(=O)C12CCCCC2. The van der Waals surface area contributed by atoms with E-state index in [1.807, 2.05) is 0 Å². The molecule has 0 aromatic heterocycles. The first-order valence-corrected chi connectivity index (χ1v) is 4.39. The molecule has 0 aromatic carbocycles. The van der Waals surface area contributed by atoms with Crippen LogP contribution in [-0.2, 0) is 4.79 Å². The second kappa shape index (κ2) is 2.31. The highest BCUT2D eigenvalue weighted by molar-refractivity contribution is 6.07. The number of allylic oxidation sites excluding steroid dienone is 2. The van der Waals surface area contributed by atoms with Gasteiger partial charge >= 0.3 is 0 Å². The number of nitrogens with two attached hydrogens (primary N) is 1. The van der Waals surface area contributed by atoms with Gasteiger partial charge in [-0.3, -0.25) is 4.79 Å². The lowest BCUT2D eigenvalue weighted by Crippen LogP contribution is -2.47. The molecule has 2 aliphatic rings. The van der Waals surface area contributed by atoms with Crippen LogP contribution < -0.4 is 5.73 Å². The molecule has 2 N–H and O–H groups in total. The van der Waals surface area contributed by atoms with Gasteiger partial charge in [-0.25, -0.2) is 4.39 Å². The van der Waals surface area contributed by atoms with Gasteiger partial charge in [-0.15, -0.1) is 0 Å². The van der Waals surface area contributed by atoms with Gasteiger partial charge in [-0.2, -0.15) is 0 Å². The van der Waals surface area contributed by atoms with Gasteiger partial charge < -0.3 is 5.73 Å². The van der Waals surface area contributed by atoms with E-state index in [1.165, 1.54) is 0 Å². The van der Waals surface area contributed by atoms with Crippen molar-refractivity contribution < 1.29 is 9.18 Å². The maximum atomic E-state index is 12.7. The van der Waals surface area contributed by atoms with E-state index in [9.17, 15) is 9.18 Å². The Labute approximate surface area is 70.6 Å². The number of rotatable bonds is 0. The van der Waals surface area contributed by atoms with Crippen molar-refractivity contribution in [1.82, 2.24) is 0 Å². The number of halogens is 1. The van der Waals surface area contributed by atoms with Crippen LogP contribution in [0.1, 0.15) is 32.1 Å². The lowest BCUT2D eigenvalue weighted by molar-refractivity contribution is -0.130. The van der Waals surface area contributed by atoms with E-state index in [2.05, 4.69) is 0 Å². The van der Waals surface area contributed by atoms with Crippen LogP contribution >= 0.6 is 0 Å².